The number of nitrogens with zero attached hydrogens (tertiary/aromatic N) is 1. The predicted molar refractivity (Wildman–Crippen MR) is 123 cm³/mol. The summed E-state index contributed by atoms with van der Waals surface area (Å²) >= 11 is 0. The van der Waals surface area contributed by atoms with E-state index in [2.05, 4.69) is 5.32 Å². The molecule has 1 N–H and O–H groups in total. The molecule has 1 aliphatic carbocycles. The zero-order chi connectivity index (χ0) is 22.4. The van der Waals surface area contributed by atoms with Crippen LogP contribution in [0, 0.1) is 20.8 Å². The van der Waals surface area contributed by atoms with Crippen LogP contribution in [0.25, 0.3) is 0 Å². The Kier molecular flexibility index (Phi) is 7.72. The van der Waals surface area contributed by atoms with E-state index in [0.717, 1.165) is 47.9 Å². The second-order valence-electron chi connectivity index (χ2n) is 8.73. The van der Waals surface area contributed by atoms with E-state index in [1.165, 1.54) is 0 Å². The van der Waals surface area contributed by atoms with Crippen molar-refractivity contribution in [3.63, 3.8) is 0 Å². The molecule has 1 atom stereocenters. The summed E-state index contributed by atoms with van der Waals surface area (Å²) in [6.45, 7) is 8.05. The van der Waals surface area contributed by atoms with Gasteiger partial charge in [0.05, 0.1) is 0 Å². The van der Waals surface area contributed by atoms with Crippen molar-refractivity contribution in [2.75, 3.05) is 6.61 Å². The van der Waals surface area contributed by atoms with Crippen molar-refractivity contribution in [1.82, 2.24) is 10.2 Å². The number of hydrogen-bond acceptors (Lipinski definition) is 3. The van der Waals surface area contributed by atoms with E-state index in [9.17, 15) is 9.59 Å². The quantitative estimate of drug-likeness (QED) is 0.683. The second kappa shape index (κ2) is 10.5. The van der Waals surface area contributed by atoms with Crippen molar-refractivity contribution >= 4 is 11.8 Å². The molecule has 166 valence electrons. The van der Waals surface area contributed by atoms with Crippen LogP contribution in [0.15, 0.2) is 42.5 Å². The summed E-state index contributed by atoms with van der Waals surface area (Å²) < 4.78 is 5.86. The second-order valence-corrected chi connectivity index (χ2v) is 8.73. The first-order valence-electron chi connectivity index (χ1n) is 11.2. The third-order valence-corrected chi connectivity index (χ3v) is 6.04. The molecule has 5 heteroatoms. The van der Waals surface area contributed by atoms with E-state index >= 15 is 0 Å². The standard InChI is InChI=1S/C26H34N2O3/c1-18-10-13-22(14-11-18)16-28(21(4)26(30)27-23-7-5-6-8-23)25(29)17-31-24-15-19(2)9-12-20(24)3/h9-15,21,23H,5-8,16-17H2,1-4H3,(H,27,30). The van der Waals surface area contributed by atoms with E-state index in [-0.39, 0.29) is 24.5 Å². The van der Waals surface area contributed by atoms with Gasteiger partial charge in [0, 0.05) is 12.6 Å². The molecule has 1 unspecified atom stereocenters. The number of rotatable bonds is 8. The lowest BCUT2D eigenvalue weighted by molar-refractivity contribution is -0.142. The highest BCUT2D eigenvalue weighted by Gasteiger charge is 2.28. The van der Waals surface area contributed by atoms with Crippen molar-refractivity contribution in [3.8, 4) is 5.75 Å². The number of benzene rings is 2. The molecule has 0 radical (unpaired) electrons. The molecule has 31 heavy (non-hydrogen) atoms. The smallest absolute Gasteiger partial charge is 0.261 e. The van der Waals surface area contributed by atoms with Crippen LogP contribution in [-0.2, 0) is 16.1 Å². The number of hydrogen-bond donors (Lipinski definition) is 1. The summed E-state index contributed by atoms with van der Waals surface area (Å²) in [5.74, 6) is 0.404. The molecule has 2 amide bonds. The average molecular weight is 423 g/mol. The molecule has 1 saturated carbocycles. The fourth-order valence-electron chi connectivity index (χ4n) is 3.95. The molecular formula is C26H34N2O3. The molecule has 2 aromatic carbocycles. The first-order valence-corrected chi connectivity index (χ1v) is 11.2. The van der Waals surface area contributed by atoms with E-state index in [1.54, 1.807) is 11.8 Å². The molecular weight excluding hydrogens is 388 g/mol. The zero-order valence-corrected chi connectivity index (χ0v) is 19.1. The van der Waals surface area contributed by atoms with Gasteiger partial charge in [0.25, 0.3) is 5.91 Å². The third-order valence-electron chi connectivity index (χ3n) is 6.04. The highest BCUT2D eigenvalue weighted by Crippen LogP contribution is 2.21. The minimum atomic E-state index is -0.573. The van der Waals surface area contributed by atoms with Crippen LogP contribution in [0.4, 0.5) is 0 Å². The maximum absolute atomic E-state index is 13.2. The molecule has 2 aromatic rings. The number of ether oxygens (including phenoxy) is 1. The van der Waals surface area contributed by atoms with Crippen LogP contribution in [0.2, 0.25) is 0 Å². The van der Waals surface area contributed by atoms with Gasteiger partial charge >= 0.3 is 0 Å². The van der Waals surface area contributed by atoms with E-state index in [0.29, 0.717) is 12.3 Å². The normalized spacial score (nSPS) is 14.8. The Morgan fingerprint density at radius 3 is 2.35 bits per heavy atom. The lowest BCUT2D eigenvalue weighted by atomic mass is 10.1. The van der Waals surface area contributed by atoms with E-state index in [1.807, 2.05) is 63.2 Å². The van der Waals surface area contributed by atoms with E-state index < -0.39 is 6.04 Å². The lowest BCUT2D eigenvalue weighted by Gasteiger charge is -2.30. The maximum Gasteiger partial charge on any atom is 0.261 e. The largest absolute Gasteiger partial charge is 0.483 e. The molecule has 3 rings (SSSR count). The van der Waals surface area contributed by atoms with Crippen LogP contribution in [-0.4, -0.2) is 35.4 Å². The Balaban J connectivity index is 1.72. The minimum Gasteiger partial charge on any atom is -0.483 e. The zero-order valence-electron chi connectivity index (χ0n) is 19.1. The van der Waals surface area contributed by atoms with Crippen LogP contribution in [0.5, 0.6) is 5.75 Å². The third kappa shape index (κ3) is 6.33. The van der Waals surface area contributed by atoms with Gasteiger partial charge in [0.15, 0.2) is 6.61 Å². The van der Waals surface area contributed by atoms with Crippen LogP contribution >= 0.6 is 0 Å². The van der Waals surface area contributed by atoms with Crippen LogP contribution in [0.1, 0.15) is 54.9 Å². The Labute approximate surface area is 185 Å². The Hall–Kier alpha value is -2.82. The summed E-state index contributed by atoms with van der Waals surface area (Å²) in [5.41, 5.74) is 4.21. The number of carbonyl (C=O) groups excluding carboxylic acids is 2. The fraction of sp³-hybridized carbons (Fsp3) is 0.462. The van der Waals surface area contributed by atoms with E-state index in [4.69, 9.17) is 4.74 Å². The number of amides is 2. The molecule has 0 heterocycles. The summed E-state index contributed by atoms with van der Waals surface area (Å²) in [4.78, 5) is 27.7. The van der Waals surface area contributed by atoms with Gasteiger partial charge in [-0.2, -0.15) is 0 Å². The molecule has 0 aromatic heterocycles. The van der Waals surface area contributed by atoms with Gasteiger partial charge in [-0.15, -0.1) is 0 Å². The van der Waals surface area contributed by atoms with Gasteiger partial charge in [-0.25, -0.2) is 0 Å². The Morgan fingerprint density at radius 2 is 1.68 bits per heavy atom. The number of nitrogens with one attached hydrogen (secondary N) is 1. The highest BCUT2D eigenvalue weighted by molar-refractivity contribution is 5.88. The van der Waals surface area contributed by atoms with Crippen LogP contribution < -0.4 is 10.1 Å². The number of carbonyl (C=O) groups is 2. The van der Waals surface area contributed by atoms with Gasteiger partial charge in [0.1, 0.15) is 11.8 Å². The van der Waals surface area contributed by atoms with Gasteiger partial charge in [-0.05, 0) is 63.3 Å². The lowest BCUT2D eigenvalue weighted by Crippen LogP contribution is -2.50. The Bertz CT molecular complexity index is 901. The summed E-state index contributed by atoms with van der Waals surface area (Å²) in [6.07, 6.45) is 4.32. The van der Waals surface area contributed by atoms with Crippen molar-refractivity contribution in [1.29, 1.82) is 0 Å². The van der Waals surface area contributed by atoms with Gasteiger partial charge < -0.3 is 15.0 Å². The summed E-state index contributed by atoms with van der Waals surface area (Å²) in [7, 11) is 0. The minimum absolute atomic E-state index is 0.0981. The molecule has 1 aliphatic rings. The monoisotopic (exact) mass is 422 g/mol. The average Bonchev–Trinajstić information content (AvgIpc) is 3.26. The molecule has 0 saturated heterocycles. The first-order chi connectivity index (χ1) is 14.8. The summed E-state index contributed by atoms with van der Waals surface area (Å²) in [5, 5.41) is 3.13. The summed E-state index contributed by atoms with van der Waals surface area (Å²) in [6, 6.07) is 13.6. The van der Waals surface area contributed by atoms with Crippen molar-refractivity contribution in [2.45, 2.75) is 72.0 Å². The molecule has 0 bridgehead atoms. The molecule has 5 nitrogen and oxygen atoms in total. The van der Waals surface area contributed by atoms with Crippen molar-refractivity contribution < 1.29 is 14.3 Å². The molecule has 0 aliphatic heterocycles. The first kappa shape index (κ1) is 22.9. The van der Waals surface area contributed by atoms with Gasteiger partial charge in [-0.3, -0.25) is 9.59 Å². The predicted octanol–water partition coefficient (Wildman–Crippen LogP) is 4.47. The molecule has 1 fully saturated rings. The highest BCUT2D eigenvalue weighted by atomic mass is 16.5. The van der Waals surface area contributed by atoms with Gasteiger partial charge in [-0.1, -0.05) is 54.8 Å². The van der Waals surface area contributed by atoms with Crippen molar-refractivity contribution in [2.24, 2.45) is 0 Å². The molecule has 0 spiro atoms. The SMILES string of the molecule is Cc1ccc(CN(C(=O)COc2cc(C)ccc2C)C(C)C(=O)NC2CCCC2)cc1. The number of aryl methyl sites for hydroxylation is 3. The van der Waals surface area contributed by atoms with Crippen LogP contribution in [0.3, 0.4) is 0 Å². The maximum atomic E-state index is 13.2. The van der Waals surface area contributed by atoms with Gasteiger partial charge in [0.2, 0.25) is 5.91 Å². The fourth-order valence-corrected chi connectivity index (χ4v) is 3.95. The topological polar surface area (TPSA) is 58.6 Å². The van der Waals surface area contributed by atoms with Crippen molar-refractivity contribution in [3.05, 3.63) is 64.7 Å². The Morgan fingerprint density at radius 1 is 1.03 bits per heavy atom.